The second-order valence-electron chi connectivity index (χ2n) is 7.98. The number of likely N-dealkylation sites (tertiary alicyclic amines) is 1. The zero-order chi connectivity index (χ0) is 18.1. The molecule has 138 valence electrons. The van der Waals surface area contributed by atoms with E-state index in [1.165, 1.54) is 0 Å². The van der Waals surface area contributed by atoms with E-state index in [4.69, 9.17) is 0 Å². The lowest BCUT2D eigenvalue weighted by molar-refractivity contribution is 0.0320. The summed E-state index contributed by atoms with van der Waals surface area (Å²) in [4.78, 5) is 6.65. The first-order chi connectivity index (χ1) is 12.5. The third-order valence-corrected chi connectivity index (χ3v) is 5.88. The van der Waals surface area contributed by atoms with E-state index >= 15 is 0 Å². The van der Waals surface area contributed by atoms with Gasteiger partial charge in [0.25, 0.3) is 0 Å². The highest BCUT2D eigenvalue weighted by Crippen LogP contribution is 2.45. The quantitative estimate of drug-likeness (QED) is 0.767. The van der Waals surface area contributed by atoms with Gasteiger partial charge in [0.2, 0.25) is 0 Å². The Labute approximate surface area is 153 Å². The van der Waals surface area contributed by atoms with Gasteiger partial charge in [0.15, 0.2) is 0 Å². The van der Waals surface area contributed by atoms with Gasteiger partial charge in [0.1, 0.15) is 5.75 Å². The summed E-state index contributed by atoms with van der Waals surface area (Å²) in [7, 11) is 0. The van der Waals surface area contributed by atoms with Crippen molar-refractivity contribution in [3.63, 3.8) is 0 Å². The lowest BCUT2D eigenvalue weighted by Gasteiger charge is -2.26. The van der Waals surface area contributed by atoms with Crippen molar-refractivity contribution in [2.45, 2.75) is 31.0 Å². The predicted molar refractivity (Wildman–Crippen MR) is 98.6 cm³/mol. The second kappa shape index (κ2) is 6.99. The number of nitrogens with zero attached hydrogens (tertiary/aromatic N) is 2. The van der Waals surface area contributed by atoms with Crippen molar-refractivity contribution >= 4 is 0 Å². The van der Waals surface area contributed by atoms with Gasteiger partial charge in [-0.2, -0.15) is 0 Å². The fraction of sp³-hybridized carbons (Fsp3) is 0.476. The van der Waals surface area contributed by atoms with Crippen LogP contribution in [0.15, 0.2) is 48.7 Å². The van der Waals surface area contributed by atoms with Crippen LogP contribution in [0.25, 0.3) is 0 Å². The molecule has 2 fully saturated rings. The molecular weight excluding hydrogens is 328 g/mol. The van der Waals surface area contributed by atoms with E-state index < -0.39 is 11.7 Å². The largest absolute Gasteiger partial charge is 0.508 e. The normalized spacial score (nSPS) is 29.6. The van der Waals surface area contributed by atoms with Crippen molar-refractivity contribution in [3.05, 3.63) is 59.9 Å². The molecule has 5 heteroatoms. The number of hydrogen-bond acceptors (Lipinski definition) is 5. The summed E-state index contributed by atoms with van der Waals surface area (Å²) in [5.74, 6) is 1.18. The first-order valence-electron chi connectivity index (χ1n) is 9.32. The minimum atomic E-state index is -0.647. The van der Waals surface area contributed by atoms with Gasteiger partial charge in [0, 0.05) is 37.9 Å². The molecule has 4 rings (SSSR count). The van der Waals surface area contributed by atoms with Gasteiger partial charge in [-0.25, -0.2) is 0 Å². The number of benzene rings is 1. The Morgan fingerprint density at radius 1 is 1.08 bits per heavy atom. The standard InChI is InChI=1S/C21H26N2O3/c24-19-6-4-15(5-7-19)20(25)14-23-12-16-9-21(26,10-17(16)13-23)11-18-3-1-2-8-22-18/h1-8,16-17,20,24-26H,9-14H2/t16-,17+,20?,21-. The van der Waals surface area contributed by atoms with Gasteiger partial charge in [-0.3, -0.25) is 9.88 Å². The molecule has 0 amide bonds. The van der Waals surface area contributed by atoms with Crippen LogP contribution in [0.1, 0.15) is 30.2 Å². The Bertz CT molecular complexity index is 721. The Morgan fingerprint density at radius 2 is 1.77 bits per heavy atom. The van der Waals surface area contributed by atoms with Crippen LogP contribution in [0.4, 0.5) is 0 Å². The molecule has 1 unspecified atom stereocenters. The van der Waals surface area contributed by atoms with E-state index in [1.807, 2.05) is 18.2 Å². The molecule has 1 saturated heterocycles. The molecular formula is C21H26N2O3. The van der Waals surface area contributed by atoms with E-state index in [0.29, 0.717) is 24.8 Å². The van der Waals surface area contributed by atoms with Gasteiger partial charge < -0.3 is 15.3 Å². The monoisotopic (exact) mass is 354 g/mol. The molecule has 0 radical (unpaired) electrons. The molecule has 2 heterocycles. The van der Waals surface area contributed by atoms with Gasteiger partial charge >= 0.3 is 0 Å². The third kappa shape index (κ3) is 3.75. The molecule has 3 N–H and O–H groups in total. The smallest absolute Gasteiger partial charge is 0.115 e. The van der Waals surface area contributed by atoms with Crippen LogP contribution in [0.3, 0.4) is 0 Å². The molecule has 4 atom stereocenters. The van der Waals surface area contributed by atoms with Gasteiger partial charge in [-0.1, -0.05) is 18.2 Å². The molecule has 1 aliphatic heterocycles. The number of β-amino-alcohol motifs (C(OH)–C–C–N with tert-alkyl or cyclic N) is 1. The Hall–Kier alpha value is -1.95. The predicted octanol–water partition coefficient (Wildman–Crippen LogP) is 2.14. The number of phenolic OH excluding ortho intramolecular Hbond substituents is 1. The van der Waals surface area contributed by atoms with Crippen molar-refractivity contribution in [2.75, 3.05) is 19.6 Å². The fourth-order valence-electron chi connectivity index (χ4n) is 4.74. The lowest BCUT2D eigenvalue weighted by atomic mass is 9.93. The van der Waals surface area contributed by atoms with Gasteiger partial charge in [-0.05, 0) is 54.5 Å². The summed E-state index contributed by atoms with van der Waals surface area (Å²) in [6, 6.07) is 12.6. The number of fused-ring (bicyclic) bond motifs is 1. The Morgan fingerprint density at radius 3 is 2.38 bits per heavy atom. The molecule has 26 heavy (non-hydrogen) atoms. The second-order valence-corrected chi connectivity index (χ2v) is 7.98. The van der Waals surface area contributed by atoms with Crippen molar-refractivity contribution in [1.29, 1.82) is 0 Å². The summed E-state index contributed by atoms with van der Waals surface area (Å²) in [5, 5.41) is 30.8. The molecule has 1 saturated carbocycles. The topological polar surface area (TPSA) is 76.8 Å². The van der Waals surface area contributed by atoms with E-state index in [9.17, 15) is 15.3 Å². The van der Waals surface area contributed by atoms with E-state index in [0.717, 1.165) is 37.2 Å². The van der Waals surface area contributed by atoms with Gasteiger partial charge in [-0.15, -0.1) is 0 Å². The van der Waals surface area contributed by atoms with Crippen molar-refractivity contribution in [2.24, 2.45) is 11.8 Å². The summed E-state index contributed by atoms with van der Waals surface area (Å²) in [6.45, 7) is 2.44. The molecule has 2 aromatic rings. The zero-order valence-electron chi connectivity index (χ0n) is 14.8. The number of pyridine rings is 1. The Kier molecular flexibility index (Phi) is 4.69. The SMILES string of the molecule is Oc1ccc(C(O)CN2C[C@@H]3C[C@@](O)(Cc4ccccn4)C[C@@H]3C2)cc1. The van der Waals surface area contributed by atoms with Crippen LogP contribution >= 0.6 is 0 Å². The van der Waals surface area contributed by atoms with Crippen LogP contribution in [0.5, 0.6) is 5.75 Å². The average Bonchev–Trinajstić information content (AvgIpc) is 3.10. The van der Waals surface area contributed by atoms with Crippen molar-refractivity contribution in [1.82, 2.24) is 9.88 Å². The van der Waals surface area contributed by atoms with Crippen molar-refractivity contribution < 1.29 is 15.3 Å². The van der Waals surface area contributed by atoms with Gasteiger partial charge in [0.05, 0.1) is 11.7 Å². The number of rotatable bonds is 5. The van der Waals surface area contributed by atoms with Crippen LogP contribution in [0.2, 0.25) is 0 Å². The first-order valence-corrected chi connectivity index (χ1v) is 9.32. The number of aromatic hydroxyl groups is 1. The minimum Gasteiger partial charge on any atom is -0.508 e. The summed E-state index contributed by atoms with van der Waals surface area (Å²) < 4.78 is 0. The maximum absolute atomic E-state index is 11.0. The molecule has 1 aromatic heterocycles. The lowest BCUT2D eigenvalue weighted by Crippen LogP contribution is -2.33. The number of aromatic nitrogens is 1. The van der Waals surface area contributed by atoms with E-state index in [1.54, 1.807) is 30.5 Å². The number of phenols is 1. The number of aliphatic hydroxyl groups excluding tert-OH is 1. The fourth-order valence-corrected chi connectivity index (χ4v) is 4.74. The molecule has 2 aliphatic rings. The maximum atomic E-state index is 11.0. The molecule has 1 aromatic carbocycles. The van der Waals surface area contributed by atoms with Crippen LogP contribution in [-0.2, 0) is 6.42 Å². The highest BCUT2D eigenvalue weighted by Gasteiger charge is 2.48. The zero-order valence-corrected chi connectivity index (χ0v) is 14.8. The molecule has 1 aliphatic carbocycles. The van der Waals surface area contributed by atoms with Crippen LogP contribution < -0.4 is 0 Å². The summed E-state index contributed by atoms with van der Waals surface area (Å²) in [6.07, 6.45) is 3.46. The van der Waals surface area contributed by atoms with Crippen LogP contribution in [-0.4, -0.2) is 50.4 Å². The highest BCUT2D eigenvalue weighted by molar-refractivity contribution is 5.27. The molecule has 5 nitrogen and oxygen atoms in total. The maximum Gasteiger partial charge on any atom is 0.115 e. The Balaban J connectivity index is 1.32. The van der Waals surface area contributed by atoms with Crippen molar-refractivity contribution in [3.8, 4) is 5.75 Å². The number of aliphatic hydroxyl groups is 2. The minimum absolute atomic E-state index is 0.212. The van der Waals surface area contributed by atoms with Crippen LogP contribution in [0, 0.1) is 11.8 Å². The number of hydrogen-bond donors (Lipinski definition) is 3. The third-order valence-electron chi connectivity index (χ3n) is 5.88. The molecule has 0 spiro atoms. The highest BCUT2D eigenvalue weighted by atomic mass is 16.3. The summed E-state index contributed by atoms with van der Waals surface area (Å²) in [5.41, 5.74) is 1.13. The van der Waals surface area contributed by atoms with E-state index in [-0.39, 0.29) is 5.75 Å². The average molecular weight is 354 g/mol. The summed E-state index contributed by atoms with van der Waals surface area (Å²) >= 11 is 0. The van der Waals surface area contributed by atoms with E-state index in [2.05, 4.69) is 9.88 Å². The first kappa shape index (κ1) is 17.5. The molecule has 0 bridgehead atoms.